The zero-order chi connectivity index (χ0) is 17.9. The first-order valence-corrected chi connectivity index (χ1v) is 9.86. The van der Waals surface area contributed by atoms with Gasteiger partial charge in [-0.2, -0.15) is 0 Å². The van der Waals surface area contributed by atoms with Gasteiger partial charge in [-0.15, -0.1) is 0 Å². The van der Waals surface area contributed by atoms with Gasteiger partial charge in [0, 0.05) is 36.3 Å². The maximum absolute atomic E-state index is 12.4. The molecular weight excluding hydrogens is 345 g/mol. The highest BCUT2D eigenvalue weighted by atomic mass is 31.2. The van der Waals surface area contributed by atoms with Gasteiger partial charge in [-0.25, -0.2) is 9.36 Å². The molecule has 1 fully saturated rings. The molecule has 1 aliphatic heterocycles. The first-order chi connectivity index (χ1) is 12.0. The first kappa shape index (κ1) is 18.1. The summed E-state index contributed by atoms with van der Waals surface area (Å²) in [6.45, 7) is 5.76. The minimum absolute atomic E-state index is 0.0670. The van der Waals surface area contributed by atoms with Crippen molar-refractivity contribution in [2.75, 3.05) is 31.2 Å². The second-order valence-electron chi connectivity index (χ2n) is 5.67. The average Bonchev–Trinajstić information content (AvgIpc) is 2.51. The van der Waals surface area contributed by atoms with Crippen LogP contribution in [0.2, 0.25) is 0 Å². The Bertz CT molecular complexity index is 835. The Hall–Kier alpha value is -1.66. The van der Waals surface area contributed by atoms with E-state index >= 15 is 0 Å². The van der Waals surface area contributed by atoms with Crippen LogP contribution in [0.5, 0.6) is 0 Å². The summed E-state index contributed by atoms with van der Waals surface area (Å²) < 4.78 is 33.4. The molecule has 0 radical (unpaired) electrons. The molecule has 0 atom stereocenters. The van der Waals surface area contributed by atoms with Gasteiger partial charge in [0.25, 0.3) is 0 Å². The Morgan fingerprint density at radius 1 is 1.12 bits per heavy atom. The van der Waals surface area contributed by atoms with E-state index in [1.165, 1.54) is 12.5 Å². The van der Waals surface area contributed by atoms with Crippen molar-refractivity contribution in [1.82, 2.24) is 0 Å². The summed E-state index contributed by atoms with van der Waals surface area (Å²) in [6.07, 6.45) is 1.17. The summed E-state index contributed by atoms with van der Waals surface area (Å²) in [7, 11) is -3.64. The third-order valence-corrected chi connectivity index (χ3v) is 5.58. The van der Waals surface area contributed by atoms with Crippen molar-refractivity contribution in [2.45, 2.75) is 26.9 Å². The van der Waals surface area contributed by atoms with Crippen molar-refractivity contribution < 1.29 is 22.6 Å². The Balaban J connectivity index is 1.87. The highest BCUT2D eigenvalue weighted by Crippen LogP contribution is 2.50. The minimum atomic E-state index is -3.64. The molecule has 0 spiro atoms. The van der Waals surface area contributed by atoms with Crippen LogP contribution in [0, 0.1) is 0 Å². The summed E-state index contributed by atoms with van der Waals surface area (Å²) in [4.78, 5) is 14.1. The van der Waals surface area contributed by atoms with E-state index < -0.39 is 13.4 Å². The smallest absolute Gasteiger partial charge is 0.423 e. The molecule has 0 unspecified atom stereocenters. The number of fused-ring (bicyclic) bond motifs is 1. The van der Waals surface area contributed by atoms with Gasteiger partial charge in [0.15, 0.2) is 0 Å². The predicted octanol–water partition coefficient (Wildman–Crippen LogP) is 3.70. The quantitative estimate of drug-likeness (QED) is 0.520. The molecule has 0 N–H and O–H groups in total. The molecule has 2 heterocycles. The maximum atomic E-state index is 12.4. The average molecular weight is 367 g/mol. The summed E-state index contributed by atoms with van der Waals surface area (Å²) in [5, 5.41) is 0.739. The standard InChI is InChI=1S/C17H22NO6P/c1-3-21-25(20,22-4-2)23-12-13-10-17(19)24-16-11-14(6-7-15(13)16)18-8-5-9-18/h6-7,10-11H,3-5,8-9,12H2,1-2H3. The van der Waals surface area contributed by atoms with Crippen molar-refractivity contribution in [3.63, 3.8) is 0 Å². The van der Waals surface area contributed by atoms with Crippen molar-refractivity contribution >= 4 is 24.5 Å². The maximum Gasteiger partial charge on any atom is 0.475 e. The van der Waals surface area contributed by atoms with E-state index in [0.29, 0.717) is 11.1 Å². The van der Waals surface area contributed by atoms with Crippen molar-refractivity contribution in [1.29, 1.82) is 0 Å². The number of anilines is 1. The number of phosphoric acid groups is 1. The highest BCUT2D eigenvalue weighted by molar-refractivity contribution is 7.48. The van der Waals surface area contributed by atoms with Crippen LogP contribution in [-0.4, -0.2) is 26.3 Å². The Morgan fingerprint density at radius 3 is 2.44 bits per heavy atom. The van der Waals surface area contributed by atoms with Crippen molar-refractivity contribution in [2.24, 2.45) is 0 Å². The van der Waals surface area contributed by atoms with Crippen LogP contribution in [0.1, 0.15) is 25.8 Å². The number of rotatable bonds is 8. The molecule has 1 aliphatic rings. The Morgan fingerprint density at radius 2 is 1.84 bits per heavy atom. The molecule has 0 amide bonds. The number of nitrogens with zero attached hydrogens (tertiary/aromatic N) is 1. The molecule has 0 aliphatic carbocycles. The molecule has 3 rings (SSSR count). The lowest BCUT2D eigenvalue weighted by Crippen LogP contribution is -2.36. The lowest BCUT2D eigenvalue weighted by atomic mass is 10.1. The molecule has 1 saturated heterocycles. The molecular formula is C17H22NO6P. The van der Waals surface area contributed by atoms with Gasteiger partial charge in [-0.1, -0.05) is 0 Å². The third kappa shape index (κ3) is 4.12. The molecule has 25 heavy (non-hydrogen) atoms. The van der Waals surface area contributed by atoms with E-state index in [1.54, 1.807) is 13.8 Å². The van der Waals surface area contributed by atoms with E-state index in [0.717, 1.165) is 24.2 Å². The Labute approximate surface area is 146 Å². The zero-order valence-electron chi connectivity index (χ0n) is 14.4. The fourth-order valence-corrected chi connectivity index (χ4v) is 3.84. The Kier molecular flexibility index (Phi) is 5.59. The van der Waals surface area contributed by atoms with Gasteiger partial charge < -0.3 is 9.32 Å². The zero-order valence-corrected chi connectivity index (χ0v) is 15.3. The van der Waals surface area contributed by atoms with E-state index in [-0.39, 0.29) is 19.8 Å². The number of benzene rings is 1. The van der Waals surface area contributed by atoms with Crippen LogP contribution >= 0.6 is 7.82 Å². The van der Waals surface area contributed by atoms with Crippen LogP contribution in [0.15, 0.2) is 33.5 Å². The summed E-state index contributed by atoms with van der Waals surface area (Å²) in [5.41, 5.74) is 1.61. The van der Waals surface area contributed by atoms with E-state index in [4.69, 9.17) is 18.0 Å². The van der Waals surface area contributed by atoms with Crippen LogP contribution < -0.4 is 10.5 Å². The van der Waals surface area contributed by atoms with E-state index in [1.807, 2.05) is 18.2 Å². The lowest BCUT2D eigenvalue weighted by Gasteiger charge is -2.33. The fourth-order valence-electron chi connectivity index (χ4n) is 2.69. The normalized spacial score (nSPS) is 14.7. The monoisotopic (exact) mass is 367 g/mol. The topological polar surface area (TPSA) is 78.2 Å². The highest BCUT2D eigenvalue weighted by Gasteiger charge is 2.26. The third-order valence-electron chi connectivity index (χ3n) is 3.99. The van der Waals surface area contributed by atoms with Crippen molar-refractivity contribution in [3.8, 4) is 0 Å². The van der Waals surface area contributed by atoms with Gasteiger partial charge in [0.2, 0.25) is 0 Å². The van der Waals surface area contributed by atoms with Gasteiger partial charge in [-0.3, -0.25) is 13.6 Å². The first-order valence-electron chi connectivity index (χ1n) is 8.40. The largest absolute Gasteiger partial charge is 0.475 e. The second-order valence-corrected chi connectivity index (χ2v) is 7.34. The van der Waals surface area contributed by atoms with Crippen LogP contribution in [0.4, 0.5) is 5.69 Å². The van der Waals surface area contributed by atoms with Gasteiger partial charge in [0.05, 0.1) is 19.8 Å². The van der Waals surface area contributed by atoms with E-state index in [2.05, 4.69) is 4.90 Å². The molecule has 136 valence electrons. The minimum Gasteiger partial charge on any atom is -0.423 e. The van der Waals surface area contributed by atoms with Crippen LogP contribution in [0.25, 0.3) is 11.0 Å². The lowest BCUT2D eigenvalue weighted by molar-refractivity contribution is 0.116. The molecule has 2 aromatic rings. The van der Waals surface area contributed by atoms with Crippen LogP contribution in [-0.2, 0) is 24.7 Å². The second kappa shape index (κ2) is 7.70. The fraction of sp³-hybridized carbons (Fsp3) is 0.471. The SMILES string of the molecule is CCOP(=O)(OCC)OCc1cc(=O)oc2cc(N3CCC3)ccc12. The molecule has 7 nitrogen and oxygen atoms in total. The van der Waals surface area contributed by atoms with E-state index in [9.17, 15) is 9.36 Å². The van der Waals surface area contributed by atoms with Crippen LogP contribution in [0.3, 0.4) is 0 Å². The summed E-state index contributed by atoms with van der Waals surface area (Å²) in [6, 6.07) is 7.06. The van der Waals surface area contributed by atoms with Gasteiger partial charge in [0.1, 0.15) is 5.58 Å². The summed E-state index contributed by atoms with van der Waals surface area (Å²) in [5.74, 6) is 0. The molecule has 0 saturated carbocycles. The number of phosphoric ester groups is 1. The molecule has 8 heteroatoms. The molecule has 0 bridgehead atoms. The number of hydrogen-bond donors (Lipinski definition) is 0. The predicted molar refractivity (Wildman–Crippen MR) is 95.0 cm³/mol. The summed E-state index contributed by atoms with van der Waals surface area (Å²) >= 11 is 0. The van der Waals surface area contributed by atoms with Crippen molar-refractivity contribution in [3.05, 3.63) is 40.2 Å². The molecule has 1 aromatic carbocycles. The van der Waals surface area contributed by atoms with Gasteiger partial charge in [-0.05, 0) is 38.0 Å². The number of hydrogen-bond acceptors (Lipinski definition) is 7. The van der Waals surface area contributed by atoms with Gasteiger partial charge >= 0.3 is 13.4 Å². The molecule has 1 aromatic heterocycles.